The van der Waals surface area contributed by atoms with Gasteiger partial charge < -0.3 is 10.1 Å². The maximum absolute atomic E-state index is 13.4. The molecule has 0 heterocycles. The molecule has 2 aromatic carbocycles. The number of rotatable bonds is 6. The number of benzene rings is 2. The van der Waals surface area contributed by atoms with Crippen LogP contribution in [0, 0.1) is 5.82 Å². The van der Waals surface area contributed by atoms with E-state index in [1.54, 1.807) is 12.1 Å². The summed E-state index contributed by atoms with van der Waals surface area (Å²) in [7, 11) is 1.48. The highest BCUT2D eigenvalue weighted by atomic mass is 19.1. The van der Waals surface area contributed by atoms with Gasteiger partial charge >= 0.3 is 0 Å². The standard InChI is InChI=1S/C18H22FNO/c1-13(15-7-5-4-6-8-15)12-20-14(2)16-9-10-17(19)18(11-16)21-3/h4-11,13-14,20H,12H2,1-3H3. The molecule has 0 aromatic heterocycles. The van der Waals surface area contributed by atoms with Gasteiger partial charge in [0.15, 0.2) is 11.6 Å². The van der Waals surface area contributed by atoms with Crippen molar-refractivity contribution in [2.75, 3.05) is 13.7 Å². The Morgan fingerprint density at radius 3 is 2.43 bits per heavy atom. The zero-order chi connectivity index (χ0) is 15.2. The van der Waals surface area contributed by atoms with Gasteiger partial charge in [-0.3, -0.25) is 0 Å². The van der Waals surface area contributed by atoms with Gasteiger partial charge in [0.2, 0.25) is 0 Å². The summed E-state index contributed by atoms with van der Waals surface area (Å²) < 4.78 is 18.5. The largest absolute Gasteiger partial charge is 0.494 e. The predicted octanol–water partition coefficient (Wildman–Crippen LogP) is 4.29. The maximum Gasteiger partial charge on any atom is 0.165 e. The van der Waals surface area contributed by atoms with Crippen LogP contribution in [0.5, 0.6) is 5.75 Å². The van der Waals surface area contributed by atoms with Crippen LogP contribution < -0.4 is 10.1 Å². The highest BCUT2D eigenvalue weighted by Gasteiger charge is 2.11. The molecule has 1 N–H and O–H groups in total. The molecular weight excluding hydrogens is 265 g/mol. The van der Waals surface area contributed by atoms with Crippen molar-refractivity contribution >= 4 is 0 Å². The van der Waals surface area contributed by atoms with Crippen LogP contribution in [0.25, 0.3) is 0 Å². The van der Waals surface area contributed by atoms with Crippen LogP contribution in [0.15, 0.2) is 48.5 Å². The van der Waals surface area contributed by atoms with Gasteiger partial charge in [0.05, 0.1) is 7.11 Å². The molecule has 0 bridgehead atoms. The number of nitrogens with one attached hydrogen (secondary N) is 1. The molecular formula is C18H22FNO. The first kappa shape index (κ1) is 15.5. The van der Waals surface area contributed by atoms with E-state index < -0.39 is 0 Å². The van der Waals surface area contributed by atoms with Crippen molar-refractivity contribution in [1.82, 2.24) is 5.32 Å². The smallest absolute Gasteiger partial charge is 0.165 e. The molecule has 0 saturated carbocycles. The van der Waals surface area contributed by atoms with E-state index in [1.165, 1.54) is 18.7 Å². The van der Waals surface area contributed by atoms with E-state index in [1.807, 2.05) is 6.07 Å². The van der Waals surface area contributed by atoms with Crippen LogP contribution >= 0.6 is 0 Å². The van der Waals surface area contributed by atoms with E-state index in [9.17, 15) is 4.39 Å². The lowest BCUT2D eigenvalue weighted by Gasteiger charge is -2.19. The Labute approximate surface area is 126 Å². The minimum Gasteiger partial charge on any atom is -0.494 e. The Morgan fingerprint density at radius 1 is 1.05 bits per heavy atom. The molecule has 2 unspecified atom stereocenters. The lowest BCUT2D eigenvalue weighted by atomic mass is 10.0. The molecule has 21 heavy (non-hydrogen) atoms. The zero-order valence-corrected chi connectivity index (χ0v) is 12.8. The van der Waals surface area contributed by atoms with Crippen LogP contribution in [0.2, 0.25) is 0 Å². The first-order valence-electron chi connectivity index (χ1n) is 7.23. The second-order valence-corrected chi connectivity index (χ2v) is 5.34. The molecule has 2 aromatic rings. The van der Waals surface area contributed by atoms with Crippen molar-refractivity contribution in [3.8, 4) is 5.75 Å². The van der Waals surface area contributed by atoms with Crippen molar-refractivity contribution < 1.29 is 9.13 Å². The summed E-state index contributed by atoms with van der Waals surface area (Å²) in [5.74, 6) is 0.388. The van der Waals surface area contributed by atoms with Gasteiger partial charge in [-0.2, -0.15) is 0 Å². The summed E-state index contributed by atoms with van der Waals surface area (Å²) in [6, 6.07) is 15.5. The van der Waals surface area contributed by atoms with Gasteiger partial charge in [-0.15, -0.1) is 0 Å². The third-order valence-electron chi connectivity index (χ3n) is 3.77. The fourth-order valence-corrected chi connectivity index (χ4v) is 2.32. The first-order chi connectivity index (χ1) is 10.1. The second-order valence-electron chi connectivity index (χ2n) is 5.34. The Kier molecular flexibility index (Phi) is 5.34. The van der Waals surface area contributed by atoms with Crippen LogP contribution in [-0.4, -0.2) is 13.7 Å². The van der Waals surface area contributed by atoms with Gasteiger partial charge in [-0.25, -0.2) is 4.39 Å². The number of methoxy groups -OCH3 is 1. The molecule has 0 radical (unpaired) electrons. The molecule has 3 heteroatoms. The number of ether oxygens (including phenoxy) is 1. The molecule has 2 rings (SSSR count). The van der Waals surface area contributed by atoms with E-state index >= 15 is 0 Å². The van der Waals surface area contributed by atoms with Crippen molar-refractivity contribution in [1.29, 1.82) is 0 Å². The summed E-state index contributed by atoms with van der Waals surface area (Å²) in [4.78, 5) is 0. The Morgan fingerprint density at radius 2 is 1.76 bits per heavy atom. The zero-order valence-electron chi connectivity index (χ0n) is 12.8. The molecule has 2 atom stereocenters. The van der Waals surface area contributed by atoms with Crippen molar-refractivity contribution in [3.05, 3.63) is 65.5 Å². The van der Waals surface area contributed by atoms with Crippen LogP contribution in [0.1, 0.15) is 36.9 Å². The third kappa shape index (κ3) is 4.05. The Hall–Kier alpha value is -1.87. The van der Waals surface area contributed by atoms with Crippen LogP contribution in [-0.2, 0) is 0 Å². The molecule has 0 spiro atoms. The minimum absolute atomic E-state index is 0.144. The van der Waals surface area contributed by atoms with Gasteiger partial charge in [0.25, 0.3) is 0 Å². The summed E-state index contributed by atoms with van der Waals surface area (Å²) in [5.41, 5.74) is 2.34. The molecule has 2 nitrogen and oxygen atoms in total. The van der Waals surface area contributed by atoms with Crippen LogP contribution in [0.3, 0.4) is 0 Å². The fourth-order valence-electron chi connectivity index (χ4n) is 2.32. The summed E-state index contributed by atoms with van der Waals surface area (Å²) >= 11 is 0. The van der Waals surface area contributed by atoms with E-state index in [2.05, 4.69) is 43.4 Å². The second kappa shape index (κ2) is 7.23. The predicted molar refractivity (Wildman–Crippen MR) is 84.2 cm³/mol. The van der Waals surface area contributed by atoms with E-state index in [-0.39, 0.29) is 17.6 Å². The van der Waals surface area contributed by atoms with Gasteiger partial charge in [0.1, 0.15) is 0 Å². The SMILES string of the molecule is COc1cc(C(C)NCC(C)c2ccccc2)ccc1F. The van der Waals surface area contributed by atoms with E-state index in [0.29, 0.717) is 5.92 Å². The lowest BCUT2D eigenvalue weighted by Crippen LogP contribution is -2.23. The molecule has 0 aliphatic heterocycles. The Balaban J connectivity index is 1.97. The first-order valence-corrected chi connectivity index (χ1v) is 7.23. The van der Waals surface area contributed by atoms with Gasteiger partial charge in [-0.05, 0) is 36.1 Å². The average Bonchev–Trinajstić information content (AvgIpc) is 2.53. The molecule has 112 valence electrons. The molecule has 0 aliphatic carbocycles. The van der Waals surface area contributed by atoms with E-state index in [4.69, 9.17) is 4.74 Å². The maximum atomic E-state index is 13.4. The monoisotopic (exact) mass is 287 g/mol. The fraction of sp³-hybridized carbons (Fsp3) is 0.333. The molecule has 0 saturated heterocycles. The highest BCUT2D eigenvalue weighted by molar-refractivity contribution is 5.32. The van der Waals surface area contributed by atoms with Gasteiger partial charge in [0, 0.05) is 12.6 Å². The van der Waals surface area contributed by atoms with Gasteiger partial charge in [-0.1, -0.05) is 43.3 Å². The molecule has 0 fully saturated rings. The summed E-state index contributed by atoms with van der Waals surface area (Å²) in [5, 5.41) is 3.49. The number of hydrogen-bond acceptors (Lipinski definition) is 2. The average molecular weight is 287 g/mol. The normalized spacial score (nSPS) is 13.7. The van der Waals surface area contributed by atoms with Crippen molar-refractivity contribution in [2.45, 2.75) is 25.8 Å². The van der Waals surface area contributed by atoms with Crippen molar-refractivity contribution in [2.24, 2.45) is 0 Å². The summed E-state index contributed by atoms with van der Waals surface area (Å²) in [6.45, 7) is 5.13. The Bertz CT molecular complexity index is 571. The van der Waals surface area contributed by atoms with Crippen LogP contribution in [0.4, 0.5) is 4.39 Å². The van der Waals surface area contributed by atoms with Crippen molar-refractivity contribution in [3.63, 3.8) is 0 Å². The molecule has 0 amide bonds. The number of hydrogen-bond donors (Lipinski definition) is 1. The lowest BCUT2D eigenvalue weighted by molar-refractivity contribution is 0.385. The quantitative estimate of drug-likeness (QED) is 0.856. The summed E-state index contributed by atoms with van der Waals surface area (Å²) in [6.07, 6.45) is 0. The molecule has 0 aliphatic rings. The highest BCUT2D eigenvalue weighted by Crippen LogP contribution is 2.23. The third-order valence-corrected chi connectivity index (χ3v) is 3.77. The van der Waals surface area contributed by atoms with E-state index in [0.717, 1.165) is 12.1 Å². The number of halogens is 1. The topological polar surface area (TPSA) is 21.3 Å². The minimum atomic E-state index is -0.328.